The molecular weight excluding hydrogens is 442 g/mol. The summed E-state index contributed by atoms with van der Waals surface area (Å²) in [4.78, 5) is 34.0. The maximum absolute atomic E-state index is 13.3. The van der Waals surface area contributed by atoms with E-state index in [0.29, 0.717) is 29.0 Å². The minimum Gasteiger partial charge on any atom is -0.487 e. The largest absolute Gasteiger partial charge is 0.487 e. The number of benzene rings is 2. The van der Waals surface area contributed by atoms with E-state index in [4.69, 9.17) is 16.3 Å². The molecule has 0 atom stereocenters. The van der Waals surface area contributed by atoms with Gasteiger partial charge in [-0.05, 0) is 18.9 Å². The number of carboxylic acids is 1. The summed E-state index contributed by atoms with van der Waals surface area (Å²) in [6, 6.07) is 8.91. The Morgan fingerprint density at radius 1 is 1.15 bits per heavy atom. The number of aliphatic carboxylic acids is 1. The van der Waals surface area contributed by atoms with Gasteiger partial charge in [-0.25, -0.2) is 14.8 Å². The van der Waals surface area contributed by atoms with Crippen molar-refractivity contribution in [3.8, 4) is 5.75 Å². The average Bonchev–Trinajstić information content (AvgIpc) is 3.28. The van der Waals surface area contributed by atoms with E-state index in [-0.39, 0.29) is 18.1 Å². The molecular formula is C25H26ClN3O4. The second kappa shape index (κ2) is 9.35. The number of amides is 1. The first-order valence-electron chi connectivity index (χ1n) is 11.0. The fourth-order valence-electron chi connectivity index (χ4n) is 4.18. The molecule has 1 saturated carbocycles. The highest BCUT2D eigenvalue weighted by Gasteiger charge is 2.43. The van der Waals surface area contributed by atoms with Gasteiger partial charge in [0.15, 0.2) is 0 Å². The topological polar surface area (TPSA) is 101 Å². The number of hydrogen-bond donors (Lipinski definition) is 2. The molecule has 8 heteroatoms. The lowest BCUT2D eigenvalue weighted by Gasteiger charge is -2.26. The molecule has 0 spiro atoms. The summed E-state index contributed by atoms with van der Waals surface area (Å²) in [5.41, 5.74) is -0.318. The van der Waals surface area contributed by atoms with Crippen LogP contribution in [0, 0.1) is 0 Å². The molecule has 33 heavy (non-hydrogen) atoms. The van der Waals surface area contributed by atoms with Crippen molar-refractivity contribution in [2.75, 3.05) is 0 Å². The Hall–Kier alpha value is -3.19. The average molecular weight is 468 g/mol. The van der Waals surface area contributed by atoms with E-state index < -0.39 is 17.4 Å². The lowest BCUT2D eigenvalue weighted by Crippen LogP contribution is -2.52. The van der Waals surface area contributed by atoms with Gasteiger partial charge in [0.2, 0.25) is 0 Å². The molecule has 1 aliphatic rings. The maximum Gasteiger partial charge on any atom is 0.329 e. The molecule has 3 aromatic rings. The van der Waals surface area contributed by atoms with Crippen LogP contribution in [0.15, 0.2) is 42.7 Å². The number of ether oxygens (including phenoxy) is 1. The number of aromatic nitrogens is 2. The highest BCUT2D eigenvalue weighted by Crippen LogP contribution is 2.37. The lowest BCUT2D eigenvalue weighted by molar-refractivity contribution is -0.144. The number of nitrogens with zero attached hydrogens (tertiary/aromatic N) is 2. The third-order valence-electron chi connectivity index (χ3n) is 6.03. The molecule has 1 amide bonds. The summed E-state index contributed by atoms with van der Waals surface area (Å²) < 4.78 is 6.12. The van der Waals surface area contributed by atoms with E-state index in [1.807, 2.05) is 38.1 Å². The number of hydrogen-bond acceptors (Lipinski definition) is 5. The van der Waals surface area contributed by atoms with Crippen LogP contribution in [-0.2, 0) is 11.4 Å². The molecule has 0 radical (unpaired) electrons. The van der Waals surface area contributed by atoms with Crippen LogP contribution in [0.5, 0.6) is 5.75 Å². The Morgan fingerprint density at radius 2 is 1.79 bits per heavy atom. The van der Waals surface area contributed by atoms with E-state index in [2.05, 4.69) is 15.3 Å². The lowest BCUT2D eigenvalue weighted by atomic mass is 9.96. The number of rotatable bonds is 7. The summed E-state index contributed by atoms with van der Waals surface area (Å²) in [5.74, 6) is -0.240. The van der Waals surface area contributed by atoms with Gasteiger partial charge < -0.3 is 15.2 Å². The number of carbonyl (C=O) groups is 2. The van der Waals surface area contributed by atoms with Crippen LogP contribution >= 0.6 is 11.6 Å². The zero-order chi connectivity index (χ0) is 23.6. The van der Waals surface area contributed by atoms with Crippen LogP contribution in [0.4, 0.5) is 0 Å². The number of carbonyl (C=O) groups excluding carboxylic acids is 1. The highest BCUT2D eigenvalue weighted by molar-refractivity contribution is 6.36. The molecule has 0 saturated heterocycles. The van der Waals surface area contributed by atoms with Crippen molar-refractivity contribution in [3.63, 3.8) is 0 Å². The van der Waals surface area contributed by atoms with Gasteiger partial charge in [-0.2, -0.15) is 0 Å². The smallest absolute Gasteiger partial charge is 0.329 e. The van der Waals surface area contributed by atoms with Gasteiger partial charge in [-0.15, -0.1) is 0 Å². The van der Waals surface area contributed by atoms with E-state index in [9.17, 15) is 14.7 Å². The third kappa shape index (κ3) is 4.64. The summed E-state index contributed by atoms with van der Waals surface area (Å²) in [6.45, 7) is 4.18. The minimum absolute atomic E-state index is 0.147. The second-order valence-corrected chi connectivity index (χ2v) is 9.13. The molecule has 2 aromatic carbocycles. The Balaban J connectivity index is 1.69. The van der Waals surface area contributed by atoms with Crippen molar-refractivity contribution in [3.05, 3.63) is 64.7 Å². The molecule has 1 aliphatic carbocycles. The molecule has 0 unspecified atom stereocenters. The van der Waals surface area contributed by atoms with E-state index in [1.165, 1.54) is 6.07 Å². The summed E-state index contributed by atoms with van der Waals surface area (Å²) in [6.07, 6.45) is 5.70. The zero-order valence-electron chi connectivity index (χ0n) is 18.6. The summed E-state index contributed by atoms with van der Waals surface area (Å²) in [5, 5.41) is 14.3. The Bertz CT molecular complexity index is 1190. The Labute approximate surface area is 197 Å². The monoisotopic (exact) mass is 467 g/mol. The normalized spacial score (nSPS) is 15.0. The van der Waals surface area contributed by atoms with Crippen molar-refractivity contribution < 1.29 is 19.4 Å². The molecule has 0 aliphatic heterocycles. The molecule has 0 bridgehead atoms. The number of fused-ring (bicyclic) bond motifs is 1. The van der Waals surface area contributed by atoms with Gasteiger partial charge in [0.25, 0.3) is 5.91 Å². The van der Waals surface area contributed by atoms with Crippen molar-refractivity contribution in [2.24, 2.45) is 0 Å². The molecule has 1 fully saturated rings. The first kappa shape index (κ1) is 23.0. The quantitative estimate of drug-likeness (QED) is 0.500. The van der Waals surface area contributed by atoms with Crippen molar-refractivity contribution in [1.82, 2.24) is 15.3 Å². The SMILES string of the molecule is CC(C)c1ncc(COc2c(C(=O)NC3(C(=O)O)CCCC3)cc(Cl)c3ccccc23)cn1. The van der Waals surface area contributed by atoms with Gasteiger partial charge in [0.05, 0.1) is 5.56 Å². The maximum atomic E-state index is 13.3. The molecule has 4 rings (SSSR count). The standard InChI is InChI=1S/C25H26ClN3O4/c1-15(2)22-27-12-16(13-28-22)14-33-21-18-8-4-3-7-17(18)20(26)11-19(21)23(30)29-25(24(31)32)9-5-6-10-25/h3-4,7-8,11-13,15H,5-6,9-10,14H2,1-2H3,(H,29,30)(H,31,32). The highest BCUT2D eigenvalue weighted by atomic mass is 35.5. The first-order chi connectivity index (χ1) is 15.8. The van der Waals surface area contributed by atoms with Crippen LogP contribution in [0.1, 0.15) is 67.2 Å². The first-order valence-corrected chi connectivity index (χ1v) is 11.4. The van der Waals surface area contributed by atoms with Crippen LogP contribution in [0.25, 0.3) is 10.8 Å². The molecule has 2 N–H and O–H groups in total. The predicted molar refractivity (Wildman–Crippen MR) is 126 cm³/mol. The van der Waals surface area contributed by atoms with Gasteiger partial charge in [0, 0.05) is 39.7 Å². The van der Waals surface area contributed by atoms with Crippen LogP contribution in [0.3, 0.4) is 0 Å². The fourth-order valence-corrected chi connectivity index (χ4v) is 4.45. The minimum atomic E-state index is -1.27. The van der Waals surface area contributed by atoms with Crippen LogP contribution in [-0.4, -0.2) is 32.5 Å². The third-order valence-corrected chi connectivity index (χ3v) is 6.35. The second-order valence-electron chi connectivity index (χ2n) is 8.72. The number of halogens is 1. The Morgan fingerprint density at radius 3 is 2.39 bits per heavy atom. The Kier molecular flexibility index (Phi) is 6.51. The number of carboxylic acid groups (broad SMARTS) is 1. The fraction of sp³-hybridized carbons (Fsp3) is 0.360. The van der Waals surface area contributed by atoms with Crippen molar-refractivity contribution in [1.29, 1.82) is 0 Å². The molecule has 1 aromatic heterocycles. The predicted octanol–water partition coefficient (Wildman–Crippen LogP) is 5.11. The summed E-state index contributed by atoms with van der Waals surface area (Å²) in [7, 11) is 0. The summed E-state index contributed by atoms with van der Waals surface area (Å²) >= 11 is 6.48. The van der Waals surface area contributed by atoms with Crippen LogP contribution in [0.2, 0.25) is 5.02 Å². The zero-order valence-corrected chi connectivity index (χ0v) is 19.4. The van der Waals surface area contributed by atoms with Crippen molar-refractivity contribution in [2.45, 2.75) is 57.6 Å². The van der Waals surface area contributed by atoms with E-state index in [0.717, 1.165) is 29.6 Å². The van der Waals surface area contributed by atoms with Crippen LogP contribution < -0.4 is 10.1 Å². The number of nitrogens with one attached hydrogen (secondary N) is 1. The molecule has 1 heterocycles. The van der Waals surface area contributed by atoms with Gasteiger partial charge >= 0.3 is 5.97 Å². The van der Waals surface area contributed by atoms with Crippen molar-refractivity contribution >= 4 is 34.2 Å². The molecule has 7 nitrogen and oxygen atoms in total. The van der Waals surface area contributed by atoms with E-state index >= 15 is 0 Å². The molecule has 172 valence electrons. The van der Waals surface area contributed by atoms with Gasteiger partial charge in [-0.1, -0.05) is 62.6 Å². The van der Waals surface area contributed by atoms with Gasteiger partial charge in [-0.3, -0.25) is 4.79 Å². The van der Waals surface area contributed by atoms with E-state index in [1.54, 1.807) is 12.4 Å². The van der Waals surface area contributed by atoms with Gasteiger partial charge in [0.1, 0.15) is 23.7 Å².